The Morgan fingerprint density at radius 1 is 1.33 bits per heavy atom. The van der Waals surface area contributed by atoms with E-state index in [1.54, 1.807) is 30.3 Å². The van der Waals surface area contributed by atoms with Crippen molar-refractivity contribution in [1.29, 1.82) is 0 Å². The first-order valence-electron chi connectivity index (χ1n) is 7.63. The first kappa shape index (κ1) is 20.2. The van der Waals surface area contributed by atoms with Crippen LogP contribution in [0.15, 0.2) is 36.9 Å². The van der Waals surface area contributed by atoms with Crippen LogP contribution in [-0.2, 0) is 16.0 Å². The van der Waals surface area contributed by atoms with Gasteiger partial charge in [0, 0.05) is 11.1 Å². The maximum Gasteiger partial charge on any atom is 0.305 e. The molecule has 4 N–H and O–H groups in total. The Labute approximate surface area is 146 Å². The molecule has 0 aliphatic carbocycles. The second-order valence-corrected chi connectivity index (χ2v) is 5.99. The fourth-order valence-corrected chi connectivity index (χ4v) is 2.43. The second kappa shape index (κ2) is 10.1. The van der Waals surface area contributed by atoms with Crippen LogP contribution >= 0.6 is 11.6 Å². The molecular formula is C17H23ClN2O4. The van der Waals surface area contributed by atoms with Gasteiger partial charge in [0.2, 0.25) is 5.91 Å². The Kier molecular flexibility index (Phi) is 8.46. The average Bonchev–Trinajstić information content (AvgIpc) is 2.48. The van der Waals surface area contributed by atoms with Crippen molar-refractivity contribution in [3.8, 4) is 0 Å². The highest BCUT2D eigenvalue weighted by Gasteiger charge is 2.23. The Bertz CT molecular complexity index is 560. The molecule has 132 valence electrons. The molecule has 3 unspecified atom stereocenters. The van der Waals surface area contributed by atoms with E-state index in [2.05, 4.69) is 17.2 Å². The van der Waals surface area contributed by atoms with Crippen LogP contribution in [0.3, 0.4) is 0 Å². The molecule has 1 aromatic rings. The SMILES string of the molecule is C=CCC(NC(C)O)C(=O)NC(CC(=O)O)Cc1ccc(Cl)cc1. The topological polar surface area (TPSA) is 98.7 Å². The van der Waals surface area contributed by atoms with Crippen LogP contribution in [0.4, 0.5) is 0 Å². The predicted octanol–water partition coefficient (Wildman–Crippen LogP) is 1.71. The molecule has 24 heavy (non-hydrogen) atoms. The summed E-state index contributed by atoms with van der Waals surface area (Å²) in [6, 6.07) is 5.76. The lowest BCUT2D eigenvalue weighted by atomic mass is 10.0. The smallest absolute Gasteiger partial charge is 0.305 e. The average molecular weight is 355 g/mol. The van der Waals surface area contributed by atoms with Crippen LogP contribution in [0.5, 0.6) is 0 Å². The van der Waals surface area contributed by atoms with E-state index in [9.17, 15) is 14.7 Å². The largest absolute Gasteiger partial charge is 0.481 e. The summed E-state index contributed by atoms with van der Waals surface area (Å²) in [6.07, 6.45) is 1.17. The number of hydrogen-bond donors (Lipinski definition) is 4. The van der Waals surface area contributed by atoms with E-state index in [1.165, 1.54) is 6.92 Å². The zero-order valence-electron chi connectivity index (χ0n) is 13.5. The normalized spacial score (nSPS) is 14.5. The Morgan fingerprint density at radius 2 is 1.96 bits per heavy atom. The number of carboxylic acid groups (broad SMARTS) is 1. The van der Waals surface area contributed by atoms with Crippen molar-refractivity contribution in [3.63, 3.8) is 0 Å². The van der Waals surface area contributed by atoms with Crippen molar-refractivity contribution in [1.82, 2.24) is 10.6 Å². The van der Waals surface area contributed by atoms with Gasteiger partial charge < -0.3 is 15.5 Å². The van der Waals surface area contributed by atoms with Gasteiger partial charge in [-0.2, -0.15) is 0 Å². The lowest BCUT2D eigenvalue weighted by Crippen LogP contribution is -2.51. The van der Waals surface area contributed by atoms with Gasteiger partial charge in [-0.1, -0.05) is 29.8 Å². The van der Waals surface area contributed by atoms with Gasteiger partial charge in [-0.3, -0.25) is 14.9 Å². The molecule has 3 atom stereocenters. The van der Waals surface area contributed by atoms with Crippen molar-refractivity contribution >= 4 is 23.5 Å². The minimum Gasteiger partial charge on any atom is -0.481 e. The molecule has 0 fully saturated rings. The van der Waals surface area contributed by atoms with Crippen molar-refractivity contribution in [3.05, 3.63) is 47.5 Å². The highest BCUT2D eigenvalue weighted by molar-refractivity contribution is 6.30. The third kappa shape index (κ3) is 7.59. The minimum absolute atomic E-state index is 0.205. The molecule has 0 aliphatic rings. The lowest BCUT2D eigenvalue weighted by molar-refractivity contribution is -0.137. The van der Waals surface area contributed by atoms with Crippen molar-refractivity contribution in [2.75, 3.05) is 0 Å². The Morgan fingerprint density at radius 3 is 2.46 bits per heavy atom. The number of rotatable bonds is 10. The fourth-order valence-electron chi connectivity index (χ4n) is 2.30. The molecule has 7 heteroatoms. The van der Waals surface area contributed by atoms with Gasteiger partial charge >= 0.3 is 5.97 Å². The quantitative estimate of drug-likeness (QED) is 0.379. The number of hydrogen-bond acceptors (Lipinski definition) is 4. The first-order valence-corrected chi connectivity index (χ1v) is 8.01. The monoisotopic (exact) mass is 354 g/mol. The number of nitrogens with one attached hydrogen (secondary N) is 2. The van der Waals surface area contributed by atoms with Gasteiger partial charge in [-0.25, -0.2) is 0 Å². The van der Waals surface area contributed by atoms with Crippen LogP contribution in [0.2, 0.25) is 5.02 Å². The molecular weight excluding hydrogens is 332 g/mol. The van der Waals surface area contributed by atoms with Gasteiger partial charge in [-0.15, -0.1) is 6.58 Å². The first-order chi connectivity index (χ1) is 11.3. The fraction of sp³-hybridized carbons (Fsp3) is 0.412. The van der Waals surface area contributed by atoms with Crippen molar-refractivity contribution in [2.24, 2.45) is 0 Å². The van der Waals surface area contributed by atoms with E-state index >= 15 is 0 Å². The molecule has 0 aliphatic heterocycles. The molecule has 1 rings (SSSR count). The highest BCUT2D eigenvalue weighted by atomic mass is 35.5. The van der Waals surface area contributed by atoms with Gasteiger partial charge in [0.05, 0.1) is 12.5 Å². The molecule has 0 aromatic heterocycles. The number of carbonyl (C=O) groups is 2. The number of aliphatic carboxylic acids is 1. The number of amides is 1. The number of carboxylic acids is 1. The minimum atomic E-state index is -1.00. The summed E-state index contributed by atoms with van der Waals surface area (Å²) >= 11 is 5.84. The number of aliphatic hydroxyl groups is 1. The summed E-state index contributed by atoms with van der Waals surface area (Å²) in [5.74, 6) is -1.38. The molecule has 1 aromatic carbocycles. The number of carbonyl (C=O) groups excluding carboxylic acids is 1. The van der Waals surface area contributed by atoms with E-state index in [1.807, 2.05) is 0 Å². The second-order valence-electron chi connectivity index (χ2n) is 5.55. The van der Waals surface area contributed by atoms with Crippen LogP contribution < -0.4 is 10.6 Å². The molecule has 0 heterocycles. The summed E-state index contributed by atoms with van der Waals surface area (Å²) in [7, 11) is 0. The third-order valence-electron chi connectivity index (χ3n) is 3.32. The molecule has 0 saturated carbocycles. The zero-order chi connectivity index (χ0) is 18.1. The standard InChI is InChI=1S/C17H23ClN2O4/c1-3-4-15(19-11(2)21)17(24)20-14(10-16(22)23)9-12-5-7-13(18)8-6-12/h3,5-8,11,14-15,19,21H,1,4,9-10H2,2H3,(H,20,24)(H,22,23). The van der Waals surface area contributed by atoms with Crippen LogP contribution in [0, 0.1) is 0 Å². The summed E-state index contributed by atoms with van der Waals surface area (Å²) in [6.45, 7) is 5.09. The molecule has 1 amide bonds. The Hall–Kier alpha value is -1.89. The highest BCUT2D eigenvalue weighted by Crippen LogP contribution is 2.12. The number of halogens is 1. The van der Waals surface area contributed by atoms with Gasteiger partial charge in [-0.05, 0) is 37.5 Å². The molecule has 0 spiro atoms. The zero-order valence-corrected chi connectivity index (χ0v) is 14.3. The van der Waals surface area contributed by atoms with Crippen LogP contribution in [0.25, 0.3) is 0 Å². The van der Waals surface area contributed by atoms with E-state index in [4.69, 9.17) is 16.7 Å². The Balaban J connectivity index is 2.79. The van der Waals surface area contributed by atoms with Crippen LogP contribution in [-0.4, -0.2) is 40.4 Å². The predicted molar refractivity (Wildman–Crippen MR) is 92.8 cm³/mol. The van der Waals surface area contributed by atoms with Crippen LogP contribution in [0.1, 0.15) is 25.3 Å². The van der Waals surface area contributed by atoms with E-state index in [0.29, 0.717) is 17.9 Å². The van der Waals surface area contributed by atoms with Gasteiger partial charge in [0.15, 0.2) is 0 Å². The summed E-state index contributed by atoms with van der Waals surface area (Å²) in [4.78, 5) is 23.4. The van der Waals surface area contributed by atoms with Crippen molar-refractivity contribution < 1.29 is 19.8 Å². The molecule has 6 nitrogen and oxygen atoms in total. The number of benzene rings is 1. The summed E-state index contributed by atoms with van der Waals surface area (Å²) < 4.78 is 0. The van der Waals surface area contributed by atoms with Gasteiger partial charge in [0.1, 0.15) is 6.23 Å². The van der Waals surface area contributed by atoms with E-state index in [0.717, 1.165) is 5.56 Å². The maximum absolute atomic E-state index is 12.4. The van der Waals surface area contributed by atoms with E-state index in [-0.39, 0.29) is 12.3 Å². The molecule has 0 radical (unpaired) electrons. The molecule has 0 saturated heterocycles. The molecule has 0 bridgehead atoms. The van der Waals surface area contributed by atoms with Gasteiger partial charge in [0.25, 0.3) is 0 Å². The lowest BCUT2D eigenvalue weighted by Gasteiger charge is -2.23. The maximum atomic E-state index is 12.4. The third-order valence-corrected chi connectivity index (χ3v) is 3.58. The van der Waals surface area contributed by atoms with E-state index < -0.39 is 24.3 Å². The van der Waals surface area contributed by atoms with Crippen molar-refractivity contribution in [2.45, 2.75) is 44.5 Å². The summed E-state index contributed by atoms with van der Waals surface area (Å²) in [5, 5.41) is 24.5. The summed E-state index contributed by atoms with van der Waals surface area (Å²) in [5.41, 5.74) is 0.870. The number of aliphatic hydroxyl groups excluding tert-OH is 1.